The van der Waals surface area contributed by atoms with Gasteiger partial charge in [0.25, 0.3) is 5.91 Å². The minimum absolute atomic E-state index is 0.213. The Kier molecular flexibility index (Phi) is 5.10. The van der Waals surface area contributed by atoms with Gasteiger partial charge in [-0.3, -0.25) is 9.59 Å². The van der Waals surface area contributed by atoms with E-state index >= 15 is 0 Å². The van der Waals surface area contributed by atoms with E-state index in [4.69, 9.17) is 0 Å². The predicted molar refractivity (Wildman–Crippen MR) is 123 cm³/mol. The second-order valence-electron chi connectivity index (χ2n) is 8.58. The van der Waals surface area contributed by atoms with Crippen molar-refractivity contribution in [2.75, 3.05) is 11.4 Å². The van der Waals surface area contributed by atoms with Crippen LogP contribution in [-0.4, -0.2) is 17.4 Å². The third-order valence-electron chi connectivity index (χ3n) is 6.09. The number of hydrogen-bond donors (Lipinski definition) is 1. The molecular formula is C26H28N2O2. The molecule has 4 rings (SSSR count). The number of carbonyl (C=O) groups is 1. The summed E-state index contributed by atoms with van der Waals surface area (Å²) < 4.78 is 0. The first-order valence-electron chi connectivity index (χ1n) is 10.5. The van der Waals surface area contributed by atoms with Crippen molar-refractivity contribution in [3.8, 4) is 11.3 Å². The number of aromatic nitrogens is 1. The number of pyridine rings is 1. The lowest BCUT2D eigenvalue weighted by atomic mass is 9.95. The number of aryl methyl sites for hydroxylation is 3. The maximum atomic E-state index is 13.4. The number of nitrogens with one attached hydrogen (secondary N) is 1. The highest BCUT2D eigenvalue weighted by molar-refractivity contribution is 6.08. The zero-order valence-electron chi connectivity index (χ0n) is 18.3. The summed E-state index contributed by atoms with van der Waals surface area (Å²) in [4.78, 5) is 31.6. The summed E-state index contributed by atoms with van der Waals surface area (Å²) in [6, 6.07) is 13.9. The summed E-state index contributed by atoms with van der Waals surface area (Å²) in [5, 5.41) is 0. The van der Waals surface area contributed by atoms with Crippen molar-refractivity contribution in [2.45, 2.75) is 47.0 Å². The molecular weight excluding hydrogens is 372 g/mol. The third kappa shape index (κ3) is 3.36. The molecule has 1 aromatic heterocycles. The standard InChI is InChI=1S/C26H28N2O2/c1-15(2)19-10-9-16(3)22(13-19)28-12-11-20-25(26(28)30)23(29)14-21(27-20)24-17(4)7-6-8-18(24)5/h6-10,13-15H,11-12H2,1-5H3,(H,27,29). The maximum Gasteiger partial charge on any atom is 0.264 e. The molecule has 1 aliphatic rings. The topological polar surface area (TPSA) is 53.2 Å². The molecule has 154 valence electrons. The molecule has 0 unspecified atom stereocenters. The van der Waals surface area contributed by atoms with E-state index in [1.54, 1.807) is 11.0 Å². The van der Waals surface area contributed by atoms with Crippen molar-refractivity contribution in [1.29, 1.82) is 0 Å². The van der Waals surface area contributed by atoms with Gasteiger partial charge in [-0.05, 0) is 55.0 Å². The predicted octanol–water partition coefficient (Wildman–Crippen LogP) is 5.29. The highest BCUT2D eigenvalue weighted by atomic mass is 16.2. The fourth-order valence-corrected chi connectivity index (χ4v) is 4.38. The Labute approximate surface area is 177 Å². The number of amides is 1. The van der Waals surface area contributed by atoms with Crippen LogP contribution in [0.1, 0.15) is 58.1 Å². The summed E-state index contributed by atoms with van der Waals surface area (Å²) in [6.07, 6.45) is 0.625. The van der Waals surface area contributed by atoms with Crippen LogP contribution < -0.4 is 10.3 Å². The van der Waals surface area contributed by atoms with Gasteiger partial charge in [-0.25, -0.2) is 0 Å². The van der Waals surface area contributed by atoms with E-state index in [0.717, 1.165) is 39.3 Å². The van der Waals surface area contributed by atoms with Crippen LogP contribution in [0, 0.1) is 20.8 Å². The molecule has 0 radical (unpaired) electrons. The number of carbonyl (C=O) groups excluding carboxylic acids is 1. The van der Waals surface area contributed by atoms with Crippen LogP contribution in [0.25, 0.3) is 11.3 Å². The van der Waals surface area contributed by atoms with Crippen molar-refractivity contribution in [3.63, 3.8) is 0 Å². The molecule has 1 N–H and O–H groups in total. The number of hydrogen-bond acceptors (Lipinski definition) is 2. The minimum atomic E-state index is -0.214. The molecule has 0 bridgehead atoms. The maximum absolute atomic E-state index is 13.4. The Morgan fingerprint density at radius 3 is 2.27 bits per heavy atom. The Bertz CT molecular complexity index is 1180. The highest BCUT2D eigenvalue weighted by Gasteiger charge is 2.30. The number of fused-ring (bicyclic) bond motifs is 1. The molecule has 2 heterocycles. The summed E-state index contributed by atoms with van der Waals surface area (Å²) in [5.41, 5.74) is 7.95. The quantitative estimate of drug-likeness (QED) is 0.649. The molecule has 0 atom stereocenters. The van der Waals surface area contributed by atoms with Gasteiger partial charge in [0, 0.05) is 41.7 Å². The van der Waals surface area contributed by atoms with Crippen LogP contribution in [0.3, 0.4) is 0 Å². The second-order valence-corrected chi connectivity index (χ2v) is 8.58. The van der Waals surface area contributed by atoms with Gasteiger partial charge in [0.2, 0.25) is 0 Å². The van der Waals surface area contributed by atoms with Gasteiger partial charge >= 0.3 is 0 Å². The zero-order chi connectivity index (χ0) is 21.6. The van der Waals surface area contributed by atoms with Crippen LogP contribution in [0.5, 0.6) is 0 Å². The number of H-pyrrole nitrogens is 1. The van der Waals surface area contributed by atoms with E-state index in [9.17, 15) is 9.59 Å². The van der Waals surface area contributed by atoms with Gasteiger partial charge in [0.15, 0.2) is 5.43 Å². The fourth-order valence-electron chi connectivity index (χ4n) is 4.38. The van der Waals surface area contributed by atoms with E-state index in [1.165, 1.54) is 5.56 Å². The lowest BCUT2D eigenvalue weighted by Gasteiger charge is -2.30. The first-order chi connectivity index (χ1) is 14.3. The van der Waals surface area contributed by atoms with Crippen LogP contribution in [0.2, 0.25) is 0 Å². The summed E-state index contributed by atoms with van der Waals surface area (Å²) in [5.74, 6) is 0.161. The molecule has 0 aliphatic carbocycles. The molecule has 1 aliphatic heterocycles. The Hall–Kier alpha value is -3.14. The molecule has 30 heavy (non-hydrogen) atoms. The average Bonchev–Trinajstić information content (AvgIpc) is 2.68. The fraction of sp³-hybridized carbons (Fsp3) is 0.308. The van der Waals surface area contributed by atoms with Crippen molar-refractivity contribution in [2.24, 2.45) is 0 Å². The van der Waals surface area contributed by atoms with E-state index in [-0.39, 0.29) is 16.9 Å². The minimum Gasteiger partial charge on any atom is -0.357 e. The molecule has 0 saturated carbocycles. The van der Waals surface area contributed by atoms with Crippen LogP contribution in [-0.2, 0) is 6.42 Å². The normalized spacial score (nSPS) is 13.7. The highest BCUT2D eigenvalue weighted by Crippen LogP contribution is 2.30. The van der Waals surface area contributed by atoms with Crippen molar-refractivity contribution in [1.82, 2.24) is 4.98 Å². The Morgan fingerprint density at radius 1 is 0.900 bits per heavy atom. The summed E-state index contributed by atoms with van der Waals surface area (Å²) >= 11 is 0. The van der Waals surface area contributed by atoms with Crippen LogP contribution in [0.15, 0.2) is 47.3 Å². The van der Waals surface area contributed by atoms with Crippen molar-refractivity contribution in [3.05, 3.63) is 86.2 Å². The van der Waals surface area contributed by atoms with Gasteiger partial charge in [-0.2, -0.15) is 0 Å². The van der Waals surface area contributed by atoms with Crippen molar-refractivity contribution < 1.29 is 4.79 Å². The SMILES string of the molecule is Cc1ccc(C(C)C)cc1N1CCc2[nH]c(-c3c(C)cccc3C)cc(=O)c2C1=O. The van der Waals surface area contributed by atoms with Crippen LogP contribution >= 0.6 is 0 Å². The number of anilines is 1. The first kappa shape index (κ1) is 20.1. The largest absolute Gasteiger partial charge is 0.357 e. The molecule has 0 spiro atoms. The van der Waals surface area contributed by atoms with Gasteiger partial charge in [-0.1, -0.05) is 44.2 Å². The molecule has 2 aromatic carbocycles. The lowest BCUT2D eigenvalue weighted by molar-refractivity contribution is 0.0978. The molecule has 4 heteroatoms. The average molecular weight is 401 g/mol. The molecule has 0 fully saturated rings. The number of rotatable bonds is 3. The monoisotopic (exact) mass is 400 g/mol. The Morgan fingerprint density at radius 2 is 1.60 bits per heavy atom. The third-order valence-corrected chi connectivity index (χ3v) is 6.09. The first-order valence-corrected chi connectivity index (χ1v) is 10.5. The number of aromatic amines is 1. The van der Waals surface area contributed by atoms with Gasteiger partial charge in [0.1, 0.15) is 5.56 Å². The smallest absolute Gasteiger partial charge is 0.264 e. The van der Waals surface area contributed by atoms with E-state index in [1.807, 2.05) is 39.0 Å². The molecule has 1 amide bonds. The van der Waals surface area contributed by atoms with E-state index < -0.39 is 0 Å². The van der Waals surface area contributed by atoms with Gasteiger partial charge in [-0.15, -0.1) is 0 Å². The number of nitrogens with zero attached hydrogens (tertiary/aromatic N) is 1. The number of benzene rings is 2. The van der Waals surface area contributed by atoms with Gasteiger partial charge < -0.3 is 9.88 Å². The lowest BCUT2D eigenvalue weighted by Crippen LogP contribution is -2.42. The van der Waals surface area contributed by atoms with Gasteiger partial charge in [0.05, 0.1) is 0 Å². The van der Waals surface area contributed by atoms with E-state index in [0.29, 0.717) is 18.9 Å². The summed E-state index contributed by atoms with van der Waals surface area (Å²) in [7, 11) is 0. The van der Waals surface area contributed by atoms with Crippen molar-refractivity contribution >= 4 is 11.6 Å². The molecule has 4 nitrogen and oxygen atoms in total. The van der Waals surface area contributed by atoms with E-state index in [2.05, 4.69) is 37.0 Å². The van der Waals surface area contributed by atoms with Crippen LogP contribution in [0.4, 0.5) is 5.69 Å². The summed E-state index contributed by atoms with van der Waals surface area (Å²) in [6.45, 7) is 10.9. The second kappa shape index (κ2) is 7.60. The Balaban J connectivity index is 1.79. The zero-order valence-corrected chi connectivity index (χ0v) is 18.3. The molecule has 3 aromatic rings. The molecule has 0 saturated heterocycles.